The number of aromatic nitrogens is 1. The van der Waals surface area contributed by atoms with Gasteiger partial charge >= 0.3 is 6.09 Å². The predicted molar refractivity (Wildman–Crippen MR) is 80.3 cm³/mol. The maximum absolute atomic E-state index is 12.4. The van der Waals surface area contributed by atoms with Crippen molar-refractivity contribution in [2.24, 2.45) is 0 Å². The third-order valence-electron chi connectivity index (χ3n) is 3.48. The summed E-state index contributed by atoms with van der Waals surface area (Å²) < 4.78 is 10.9. The molecule has 0 saturated carbocycles. The molecule has 1 aliphatic heterocycles. The summed E-state index contributed by atoms with van der Waals surface area (Å²) >= 11 is 0. The van der Waals surface area contributed by atoms with E-state index >= 15 is 0 Å². The first-order chi connectivity index (χ1) is 9.92. The van der Waals surface area contributed by atoms with Crippen molar-refractivity contribution in [2.45, 2.75) is 51.7 Å². The lowest BCUT2D eigenvalue weighted by molar-refractivity contribution is 0.00923. The third kappa shape index (κ3) is 3.86. The Balaban J connectivity index is 2.25. The summed E-state index contributed by atoms with van der Waals surface area (Å²) in [6.07, 6.45) is 4.42. The molecule has 1 fully saturated rings. The topological polar surface area (TPSA) is 51.7 Å². The maximum atomic E-state index is 12.4. The first-order valence-electron chi connectivity index (χ1n) is 7.41. The summed E-state index contributed by atoms with van der Waals surface area (Å²) in [4.78, 5) is 18.5. The molecule has 21 heavy (non-hydrogen) atoms. The molecule has 2 rings (SSSR count). The molecule has 2 heterocycles. The molecule has 0 N–H and O–H groups in total. The Labute approximate surface area is 126 Å². The van der Waals surface area contributed by atoms with Crippen LogP contribution in [-0.4, -0.2) is 35.2 Å². The van der Waals surface area contributed by atoms with Crippen LogP contribution in [0.5, 0.6) is 5.88 Å². The number of piperidine rings is 1. The highest BCUT2D eigenvalue weighted by molar-refractivity contribution is 5.69. The number of carbonyl (C=O) groups is 1. The van der Waals surface area contributed by atoms with E-state index in [1.165, 1.54) is 0 Å². The second-order valence-corrected chi connectivity index (χ2v) is 6.29. The minimum Gasteiger partial charge on any atom is -0.481 e. The van der Waals surface area contributed by atoms with Crippen LogP contribution in [-0.2, 0) is 4.74 Å². The number of ether oxygens (including phenoxy) is 2. The smallest absolute Gasteiger partial charge is 0.410 e. The Hall–Kier alpha value is -1.78. The van der Waals surface area contributed by atoms with Crippen LogP contribution < -0.4 is 4.74 Å². The summed E-state index contributed by atoms with van der Waals surface area (Å²) in [5.41, 5.74) is 0.462. The number of rotatable bonds is 2. The number of methoxy groups -OCH3 is 1. The SMILES string of the molecule is COc1ncccc1[C@H]1CCCCN1C(=O)OC(C)(C)C. The van der Waals surface area contributed by atoms with Gasteiger partial charge in [0, 0.05) is 18.3 Å². The molecule has 1 aromatic rings. The van der Waals surface area contributed by atoms with E-state index in [4.69, 9.17) is 9.47 Å². The van der Waals surface area contributed by atoms with E-state index in [1.807, 2.05) is 32.9 Å². The van der Waals surface area contributed by atoms with Gasteiger partial charge in [-0.05, 0) is 46.1 Å². The highest BCUT2D eigenvalue weighted by Crippen LogP contribution is 2.35. The Bertz CT molecular complexity index is 497. The summed E-state index contributed by atoms with van der Waals surface area (Å²) in [5.74, 6) is 0.581. The van der Waals surface area contributed by atoms with Crippen molar-refractivity contribution in [3.63, 3.8) is 0 Å². The van der Waals surface area contributed by atoms with Gasteiger partial charge in [0.15, 0.2) is 0 Å². The van der Waals surface area contributed by atoms with Crippen molar-refractivity contribution >= 4 is 6.09 Å². The standard InChI is InChI=1S/C16H24N2O3/c1-16(2,3)21-15(19)18-11-6-5-9-13(18)12-8-7-10-17-14(12)20-4/h7-8,10,13H,5-6,9,11H2,1-4H3/t13-/m1/s1. The number of hydrogen-bond acceptors (Lipinski definition) is 4. The normalized spacial score (nSPS) is 19.2. The third-order valence-corrected chi connectivity index (χ3v) is 3.48. The minimum absolute atomic E-state index is 0.0303. The molecule has 0 aromatic carbocycles. The van der Waals surface area contributed by atoms with E-state index in [0.29, 0.717) is 12.4 Å². The predicted octanol–water partition coefficient (Wildman–Crippen LogP) is 3.55. The van der Waals surface area contributed by atoms with Gasteiger partial charge in [-0.3, -0.25) is 0 Å². The van der Waals surface area contributed by atoms with Crippen LogP contribution in [0.15, 0.2) is 18.3 Å². The van der Waals surface area contributed by atoms with Gasteiger partial charge in [0.1, 0.15) is 5.60 Å². The second kappa shape index (κ2) is 6.33. The molecule has 0 unspecified atom stereocenters. The molecule has 5 nitrogen and oxygen atoms in total. The molecule has 0 bridgehead atoms. The summed E-state index contributed by atoms with van der Waals surface area (Å²) in [6.45, 7) is 6.36. The zero-order valence-electron chi connectivity index (χ0n) is 13.3. The van der Waals surface area contributed by atoms with E-state index in [1.54, 1.807) is 18.2 Å². The van der Waals surface area contributed by atoms with Gasteiger partial charge in [-0.25, -0.2) is 9.78 Å². The molecule has 1 aromatic heterocycles. The number of nitrogens with zero attached hydrogens (tertiary/aromatic N) is 2. The van der Waals surface area contributed by atoms with Crippen molar-refractivity contribution in [2.75, 3.05) is 13.7 Å². The van der Waals surface area contributed by atoms with E-state index in [2.05, 4.69) is 4.98 Å². The Morgan fingerprint density at radius 1 is 1.38 bits per heavy atom. The lowest BCUT2D eigenvalue weighted by atomic mass is 9.96. The molecule has 5 heteroatoms. The molecule has 0 aliphatic carbocycles. The molecule has 1 saturated heterocycles. The minimum atomic E-state index is -0.488. The molecule has 1 atom stereocenters. The lowest BCUT2D eigenvalue weighted by Gasteiger charge is -2.37. The molecule has 1 aliphatic rings. The maximum Gasteiger partial charge on any atom is 0.410 e. The first kappa shape index (κ1) is 15.6. The van der Waals surface area contributed by atoms with Gasteiger partial charge < -0.3 is 14.4 Å². The van der Waals surface area contributed by atoms with Gasteiger partial charge in [-0.1, -0.05) is 6.07 Å². The zero-order valence-corrected chi connectivity index (χ0v) is 13.3. The van der Waals surface area contributed by atoms with Crippen LogP contribution in [0.4, 0.5) is 4.79 Å². The van der Waals surface area contributed by atoms with Crippen LogP contribution in [0.3, 0.4) is 0 Å². The Morgan fingerprint density at radius 3 is 2.81 bits per heavy atom. The molecule has 0 radical (unpaired) electrons. The zero-order chi connectivity index (χ0) is 15.5. The fraction of sp³-hybridized carbons (Fsp3) is 0.625. The van der Waals surface area contributed by atoms with Crippen molar-refractivity contribution in [1.29, 1.82) is 0 Å². The molecular formula is C16H24N2O3. The van der Waals surface area contributed by atoms with Crippen molar-refractivity contribution in [3.8, 4) is 5.88 Å². The van der Waals surface area contributed by atoms with E-state index in [0.717, 1.165) is 24.8 Å². The second-order valence-electron chi connectivity index (χ2n) is 6.29. The van der Waals surface area contributed by atoms with Crippen molar-refractivity contribution < 1.29 is 14.3 Å². The fourth-order valence-corrected chi connectivity index (χ4v) is 2.62. The van der Waals surface area contributed by atoms with Crippen molar-refractivity contribution in [1.82, 2.24) is 9.88 Å². The molecule has 1 amide bonds. The van der Waals surface area contributed by atoms with E-state index < -0.39 is 5.60 Å². The number of hydrogen-bond donors (Lipinski definition) is 0. The van der Waals surface area contributed by atoms with Gasteiger partial charge in [0.25, 0.3) is 0 Å². The number of likely N-dealkylation sites (tertiary alicyclic amines) is 1. The first-order valence-corrected chi connectivity index (χ1v) is 7.41. The Kier molecular flexibility index (Phi) is 4.70. The van der Waals surface area contributed by atoms with Crippen LogP contribution in [0.25, 0.3) is 0 Å². The monoisotopic (exact) mass is 292 g/mol. The largest absolute Gasteiger partial charge is 0.481 e. The highest BCUT2D eigenvalue weighted by atomic mass is 16.6. The van der Waals surface area contributed by atoms with E-state index in [9.17, 15) is 4.79 Å². The average molecular weight is 292 g/mol. The number of carbonyl (C=O) groups excluding carboxylic acids is 1. The molecule has 0 spiro atoms. The summed E-state index contributed by atoms with van der Waals surface area (Å²) in [6, 6.07) is 3.82. The summed E-state index contributed by atoms with van der Waals surface area (Å²) in [7, 11) is 1.60. The van der Waals surface area contributed by atoms with Crippen LogP contribution in [0.2, 0.25) is 0 Å². The van der Waals surface area contributed by atoms with Gasteiger partial charge in [-0.15, -0.1) is 0 Å². The Morgan fingerprint density at radius 2 is 2.14 bits per heavy atom. The molecule has 116 valence electrons. The average Bonchev–Trinajstić information content (AvgIpc) is 2.45. The number of amides is 1. The fourth-order valence-electron chi connectivity index (χ4n) is 2.62. The van der Waals surface area contributed by atoms with Crippen LogP contribution in [0, 0.1) is 0 Å². The van der Waals surface area contributed by atoms with Crippen molar-refractivity contribution in [3.05, 3.63) is 23.9 Å². The number of pyridine rings is 1. The van der Waals surface area contributed by atoms with E-state index in [-0.39, 0.29) is 12.1 Å². The quantitative estimate of drug-likeness (QED) is 0.836. The van der Waals surface area contributed by atoms with Crippen LogP contribution in [0.1, 0.15) is 51.6 Å². The summed E-state index contributed by atoms with van der Waals surface area (Å²) in [5, 5.41) is 0. The van der Waals surface area contributed by atoms with Crippen LogP contribution >= 0.6 is 0 Å². The van der Waals surface area contributed by atoms with Gasteiger partial charge in [-0.2, -0.15) is 0 Å². The van der Waals surface area contributed by atoms with Gasteiger partial charge in [0.2, 0.25) is 5.88 Å². The lowest BCUT2D eigenvalue weighted by Crippen LogP contribution is -2.42. The highest BCUT2D eigenvalue weighted by Gasteiger charge is 2.33. The van der Waals surface area contributed by atoms with Gasteiger partial charge in [0.05, 0.1) is 13.2 Å². The molecular weight excluding hydrogens is 268 g/mol.